The van der Waals surface area contributed by atoms with Crippen molar-refractivity contribution in [2.45, 2.75) is 39.4 Å². The average Bonchev–Trinajstić information content (AvgIpc) is 2.82. The third-order valence-corrected chi connectivity index (χ3v) is 4.55. The van der Waals surface area contributed by atoms with Gasteiger partial charge < -0.3 is 14.2 Å². The number of hydrogen-bond acceptors (Lipinski definition) is 6. The van der Waals surface area contributed by atoms with E-state index in [0.29, 0.717) is 19.4 Å². The van der Waals surface area contributed by atoms with Crippen molar-refractivity contribution in [3.8, 4) is 0 Å². The van der Waals surface area contributed by atoms with E-state index in [1.807, 2.05) is 60.7 Å². The molecule has 2 rings (SSSR count). The number of unbranched alkanes of at least 4 members (excludes halogenated alkanes) is 1. The lowest BCUT2D eigenvalue weighted by Crippen LogP contribution is -2.48. The lowest BCUT2D eigenvalue weighted by Gasteiger charge is -2.30. The number of hydrogen-bond donors (Lipinski definition) is 0. The molecule has 2 aromatic rings. The molecular weight excluding hydrogens is 412 g/mol. The average molecular weight is 443 g/mol. The Labute approximate surface area is 188 Å². The van der Waals surface area contributed by atoms with E-state index in [2.05, 4.69) is 0 Å². The molecule has 0 fully saturated rings. The predicted molar refractivity (Wildman–Crippen MR) is 118 cm³/mol. The topological polar surface area (TPSA) is 85.4 Å². The van der Waals surface area contributed by atoms with Gasteiger partial charge in [-0.2, -0.15) is 0 Å². The first kappa shape index (κ1) is 24.7. The Morgan fingerprint density at radius 3 is 1.81 bits per heavy atom. The van der Waals surface area contributed by atoms with Gasteiger partial charge in [0, 0.05) is 20.0 Å². The van der Waals surface area contributed by atoms with E-state index in [4.69, 9.17) is 14.2 Å². The molecule has 8 heteroatoms. The number of carbonyl (C=O) groups excluding carboxylic acids is 3. The van der Waals surface area contributed by atoms with Crippen molar-refractivity contribution in [1.29, 1.82) is 0 Å². The molecule has 8 nitrogen and oxygen atoms in total. The van der Waals surface area contributed by atoms with E-state index in [1.54, 1.807) is 6.92 Å². The SMILES string of the molecule is CCOC(=O)CCCCN(C(=O)OCc1ccccc1)N(C)C(=O)OCc1ccccc1. The van der Waals surface area contributed by atoms with Gasteiger partial charge in [-0.1, -0.05) is 60.7 Å². The van der Waals surface area contributed by atoms with Gasteiger partial charge >= 0.3 is 18.2 Å². The summed E-state index contributed by atoms with van der Waals surface area (Å²) in [5.41, 5.74) is 1.67. The Bertz CT molecular complexity index is 844. The van der Waals surface area contributed by atoms with E-state index in [0.717, 1.165) is 16.1 Å². The largest absolute Gasteiger partial charge is 0.466 e. The third kappa shape index (κ3) is 8.67. The van der Waals surface area contributed by atoms with Crippen LogP contribution in [0.25, 0.3) is 0 Å². The van der Waals surface area contributed by atoms with Gasteiger partial charge in [-0.3, -0.25) is 4.79 Å². The van der Waals surface area contributed by atoms with Crippen molar-refractivity contribution >= 4 is 18.2 Å². The number of ether oxygens (including phenoxy) is 3. The summed E-state index contributed by atoms with van der Waals surface area (Å²) in [4.78, 5) is 36.8. The number of rotatable bonds is 10. The highest BCUT2D eigenvalue weighted by atomic mass is 16.6. The van der Waals surface area contributed by atoms with Crippen molar-refractivity contribution in [2.75, 3.05) is 20.2 Å². The van der Waals surface area contributed by atoms with Gasteiger partial charge in [-0.15, -0.1) is 0 Å². The summed E-state index contributed by atoms with van der Waals surface area (Å²) in [5, 5.41) is 2.28. The lowest BCUT2D eigenvalue weighted by molar-refractivity contribution is -0.143. The molecule has 0 aliphatic rings. The summed E-state index contributed by atoms with van der Waals surface area (Å²) >= 11 is 0. The second-order valence-corrected chi connectivity index (χ2v) is 6.99. The molecule has 0 aromatic heterocycles. The first-order chi connectivity index (χ1) is 15.5. The first-order valence-corrected chi connectivity index (χ1v) is 10.6. The number of amides is 2. The Hall–Kier alpha value is -3.55. The van der Waals surface area contributed by atoms with Crippen LogP contribution in [-0.4, -0.2) is 48.4 Å². The fraction of sp³-hybridized carbons (Fsp3) is 0.375. The Morgan fingerprint density at radius 2 is 1.28 bits per heavy atom. The summed E-state index contributed by atoms with van der Waals surface area (Å²) in [5.74, 6) is -0.290. The normalized spacial score (nSPS) is 10.2. The van der Waals surface area contributed by atoms with Crippen molar-refractivity contribution in [2.24, 2.45) is 0 Å². The molecule has 0 radical (unpaired) electrons. The van der Waals surface area contributed by atoms with Gasteiger partial charge in [0.2, 0.25) is 0 Å². The number of esters is 1. The molecule has 0 bridgehead atoms. The molecule has 0 aliphatic carbocycles. The van der Waals surface area contributed by atoms with Crippen LogP contribution >= 0.6 is 0 Å². The number of nitrogens with zero attached hydrogens (tertiary/aromatic N) is 2. The molecule has 0 heterocycles. The minimum Gasteiger partial charge on any atom is -0.466 e. The van der Waals surface area contributed by atoms with Gasteiger partial charge in [0.25, 0.3) is 0 Å². The summed E-state index contributed by atoms with van der Waals surface area (Å²) in [6.07, 6.45) is -0.132. The third-order valence-electron chi connectivity index (χ3n) is 4.55. The Morgan fingerprint density at radius 1 is 0.750 bits per heavy atom. The lowest BCUT2D eigenvalue weighted by atomic mass is 10.2. The number of hydrazine groups is 1. The molecule has 0 aliphatic heterocycles. The molecule has 0 N–H and O–H groups in total. The van der Waals surface area contributed by atoms with Gasteiger partial charge in [0.15, 0.2) is 0 Å². The van der Waals surface area contributed by atoms with Crippen LogP contribution in [0.15, 0.2) is 60.7 Å². The summed E-state index contributed by atoms with van der Waals surface area (Å²) in [6.45, 7) is 2.42. The van der Waals surface area contributed by atoms with Gasteiger partial charge in [-0.05, 0) is 30.9 Å². The van der Waals surface area contributed by atoms with E-state index >= 15 is 0 Å². The fourth-order valence-electron chi connectivity index (χ4n) is 2.83. The maximum Gasteiger partial charge on any atom is 0.429 e. The van der Waals surface area contributed by atoms with Gasteiger partial charge in [0.05, 0.1) is 6.61 Å². The van der Waals surface area contributed by atoms with Crippen molar-refractivity contribution < 1.29 is 28.6 Å². The quantitative estimate of drug-likeness (QED) is 0.232. The Balaban J connectivity index is 1.94. The minimum atomic E-state index is -0.684. The zero-order valence-electron chi connectivity index (χ0n) is 18.6. The van der Waals surface area contributed by atoms with Crippen LogP contribution in [0.5, 0.6) is 0 Å². The molecule has 2 aromatic carbocycles. The second kappa shape index (κ2) is 13.7. The molecular formula is C24H30N2O6. The number of carbonyl (C=O) groups is 3. The van der Waals surface area contributed by atoms with E-state index in [1.165, 1.54) is 12.1 Å². The molecule has 0 atom stereocenters. The molecule has 0 saturated heterocycles. The molecule has 0 spiro atoms. The molecule has 172 valence electrons. The van der Waals surface area contributed by atoms with E-state index in [9.17, 15) is 14.4 Å². The summed E-state index contributed by atoms with van der Waals surface area (Å²) in [6, 6.07) is 18.5. The summed E-state index contributed by atoms with van der Waals surface area (Å²) in [7, 11) is 1.45. The number of benzene rings is 2. The van der Waals surface area contributed by atoms with Crippen LogP contribution in [0, 0.1) is 0 Å². The van der Waals surface area contributed by atoms with Crippen LogP contribution in [0.4, 0.5) is 9.59 Å². The standard InChI is InChI=1S/C24H30N2O6/c1-3-30-22(27)16-10-11-17-26(24(29)32-19-21-14-8-5-9-15-21)25(2)23(28)31-18-20-12-6-4-7-13-20/h4-9,12-15H,3,10-11,16-19H2,1-2H3. The highest BCUT2D eigenvalue weighted by Gasteiger charge is 2.25. The van der Waals surface area contributed by atoms with Crippen LogP contribution in [0.3, 0.4) is 0 Å². The van der Waals surface area contributed by atoms with Crippen LogP contribution < -0.4 is 0 Å². The minimum absolute atomic E-state index is 0.0753. The fourth-order valence-corrected chi connectivity index (χ4v) is 2.83. The van der Waals surface area contributed by atoms with Crippen molar-refractivity contribution in [3.63, 3.8) is 0 Å². The van der Waals surface area contributed by atoms with Crippen LogP contribution in [0.2, 0.25) is 0 Å². The predicted octanol–water partition coefficient (Wildman–Crippen LogP) is 4.54. The Kier molecular flexibility index (Phi) is 10.6. The maximum atomic E-state index is 12.7. The van der Waals surface area contributed by atoms with Gasteiger partial charge in [-0.25, -0.2) is 19.6 Å². The van der Waals surface area contributed by atoms with Crippen molar-refractivity contribution in [1.82, 2.24) is 10.0 Å². The van der Waals surface area contributed by atoms with Crippen LogP contribution in [0.1, 0.15) is 37.3 Å². The highest BCUT2D eigenvalue weighted by molar-refractivity contribution is 5.74. The summed E-state index contributed by atoms with van der Waals surface area (Å²) < 4.78 is 15.6. The monoisotopic (exact) mass is 442 g/mol. The first-order valence-electron chi connectivity index (χ1n) is 10.6. The van der Waals surface area contributed by atoms with Crippen LogP contribution in [-0.2, 0) is 32.2 Å². The second-order valence-electron chi connectivity index (χ2n) is 6.99. The molecule has 0 unspecified atom stereocenters. The van der Waals surface area contributed by atoms with E-state index in [-0.39, 0.29) is 32.1 Å². The maximum absolute atomic E-state index is 12.7. The van der Waals surface area contributed by atoms with E-state index < -0.39 is 12.2 Å². The highest BCUT2D eigenvalue weighted by Crippen LogP contribution is 2.10. The smallest absolute Gasteiger partial charge is 0.429 e. The zero-order chi connectivity index (χ0) is 23.2. The van der Waals surface area contributed by atoms with Crippen molar-refractivity contribution in [3.05, 3.63) is 71.8 Å². The zero-order valence-corrected chi connectivity index (χ0v) is 18.6. The molecule has 0 saturated carbocycles. The van der Waals surface area contributed by atoms with Gasteiger partial charge in [0.1, 0.15) is 13.2 Å². The molecule has 2 amide bonds. The molecule has 32 heavy (non-hydrogen) atoms.